The molecule has 5 heteroatoms. The average Bonchev–Trinajstić information content (AvgIpc) is 2.77. The van der Waals surface area contributed by atoms with E-state index in [0.717, 1.165) is 4.47 Å². The molecule has 0 saturated carbocycles. The molecule has 4 nitrogen and oxygen atoms in total. The number of hydrogen-bond acceptors (Lipinski definition) is 2. The number of H-pyrrole nitrogens is 1. The number of amides is 1. The molecule has 1 amide bonds. The Labute approximate surface area is 106 Å². The molecule has 17 heavy (non-hydrogen) atoms. The Morgan fingerprint density at radius 1 is 1.35 bits per heavy atom. The van der Waals surface area contributed by atoms with Gasteiger partial charge in [0.1, 0.15) is 5.69 Å². The van der Waals surface area contributed by atoms with Crippen LogP contribution >= 0.6 is 15.9 Å². The van der Waals surface area contributed by atoms with Crippen LogP contribution in [0.25, 0.3) is 0 Å². The molecule has 0 aliphatic heterocycles. The van der Waals surface area contributed by atoms with E-state index in [1.807, 2.05) is 12.1 Å². The Morgan fingerprint density at radius 3 is 2.82 bits per heavy atom. The zero-order chi connectivity index (χ0) is 12.3. The van der Waals surface area contributed by atoms with Crippen LogP contribution < -0.4 is 5.32 Å². The van der Waals surface area contributed by atoms with Crippen LogP contribution in [0.2, 0.25) is 0 Å². The number of carbonyl (C=O) groups is 2. The van der Waals surface area contributed by atoms with Crippen molar-refractivity contribution in [2.24, 2.45) is 0 Å². The molecule has 2 rings (SSSR count). The van der Waals surface area contributed by atoms with Gasteiger partial charge in [0.25, 0.3) is 5.91 Å². The van der Waals surface area contributed by atoms with Gasteiger partial charge in [0.15, 0.2) is 6.29 Å². The number of aromatic amines is 1. The second-order valence-corrected chi connectivity index (χ2v) is 4.34. The minimum Gasteiger partial charge on any atom is -0.356 e. The molecule has 0 aliphatic rings. The second-order valence-electron chi connectivity index (χ2n) is 3.43. The zero-order valence-corrected chi connectivity index (χ0v) is 10.3. The maximum Gasteiger partial charge on any atom is 0.272 e. The van der Waals surface area contributed by atoms with Crippen molar-refractivity contribution in [1.29, 1.82) is 0 Å². The number of nitrogens with one attached hydrogen (secondary N) is 2. The number of hydrogen-bond donors (Lipinski definition) is 2. The molecule has 1 aromatic carbocycles. The number of anilines is 1. The number of carbonyl (C=O) groups excluding carboxylic acids is 2. The number of aromatic nitrogens is 1. The van der Waals surface area contributed by atoms with Gasteiger partial charge in [-0.3, -0.25) is 9.59 Å². The summed E-state index contributed by atoms with van der Waals surface area (Å²) >= 11 is 3.32. The molecule has 1 heterocycles. The van der Waals surface area contributed by atoms with E-state index in [9.17, 15) is 9.59 Å². The second kappa shape index (κ2) is 4.97. The molecular weight excluding hydrogens is 284 g/mol. The minimum absolute atomic E-state index is 0.281. The van der Waals surface area contributed by atoms with Crippen LogP contribution in [0.15, 0.2) is 41.0 Å². The third-order valence-corrected chi connectivity index (χ3v) is 2.66. The largest absolute Gasteiger partial charge is 0.356 e. The van der Waals surface area contributed by atoms with Crippen molar-refractivity contribution in [1.82, 2.24) is 4.98 Å². The smallest absolute Gasteiger partial charge is 0.272 e. The Balaban J connectivity index is 2.14. The summed E-state index contributed by atoms with van der Waals surface area (Å²) in [4.78, 5) is 25.0. The van der Waals surface area contributed by atoms with Crippen molar-refractivity contribution in [3.05, 3.63) is 52.3 Å². The van der Waals surface area contributed by atoms with E-state index in [1.54, 1.807) is 12.1 Å². The van der Waals surface area contributed by atoms with Crippen LogP contribution in [-0.2, 0) is 0 Å². The fourth-order valence-corrected chi connectivity index (χ4v) is 1.77. The van der Waals surface area contributed by atoms with Crippen molar-refractivity contribution in [2.75, 3.05) is 5.32 Å². The molecule has 0 bridgehead atoms. The lowest BCUT2D eigenvalue weighted by Gasteiger charge is -2.03. The molecule has 2 aromatic rings. The Hall–Kier alpha value is -1.88. The summed E-state index contributed by atoms with van der Waals surface area (Å²) in [7, 11) is 0. The van der Waals surface area contributed by atoms with Crippen LogP contribution in [0, 0.1) is 0 Å². The van der Waals surface area contributed by atoms with Gasteiger partial charge in [-0.2, -0.15) is 0 Å². The molecular formula is C12H9BrN2O2. The van der Waals surface area contributed by atoms with E-state index in [0.29, 0.717) is 23.2 Å². The van der Waals surface area contributed by atoms with E-state index in [1.165, 1.54) is 12.3 Å². The van der Waals surface area contributed by atoms with Crippen molar-refractivity contribution >= 4 is 33.8 Å². The Morgan fingerprint density at radius 2 is 2.18 bits per heavy atom. The summed E-state index contributed by atoms with van der Waals surface area (Å²) in [5.41, 5.74) is 1.49. The number of benzene rings is 1. The molecule has 1 aromatic heterocycles. The SMILES string of the molecule is O=Cc1c[nH]c(C(=O)Nc2cccc(Br)c2)c1. The normalized spacial score (nSPS) is 9.94. The molecule has 0 aliphatic carbocycles. The van der Waals surface area contributed by atoms with Crippen molar-refractivity contribution in [3.63, 3.8) is 0 Å². The summed E-state index contributed by atoms with van der Waals surface area (Å²) in [5, 5.41) is 2.72. The van der Waals surface area contributed by atoms with Crippen molar-refractivity contribution in [3.8, 4) is 0 Å². The molecule has 0 atom stereocenters. The summed E-state index contributed by atoms with van der Waals surface area (Å²) in [6.07, 6.45) is 2.18. The van der Waals surface area contributed by atoms with Crippen LogP contribution in [0.5, 0.6) is 0 Å². The molecule has 0 fully saturated rings. The highest BCUT2D eigenvalue weighted by atomic mass is 79.9. The summed E-state index contributed by atoms with van der Waals surface area (Å²) in [6, 6.07) is 8.77. The third kappa shape index (κ3) is 2.82. The average molecular weight is 293 g/mol. The van der Waals surface area contributed by atoms with Gasteiger partial charge < -0.3 is 10.3 Å². The molecule has 0 spiro atoms. The summed E-state index contributed by atoms with van der Waals surface area (Å²) < 4.78 is 0.885. The number of aldehydes is 1. The monoisotopic (exact) mass is 292 g/mol. The topological polar surface area (TPSA) is 62.0 Å². The first-order valence-electron chi connectivity index (χ1n) is 4.89. The summed E-state index contributed by atoms with van der Waals surface area (Å²) in [5.74, 6) is -0.281. The van der Waals surface area contributed by atoms with Gasteiger partial charge in [-0.25, -0.2) is 0 Å². The first-order valence-corrected chi connectivity index (χ1v) is 5.69. The lowest BCUT2D eigenvalue weighted by Crippen LogP contribution is -2.12. The van der Waals surface area contributed by atoms with Gasteiger partial charge >= 0.3 is 0 Å². The highest BCUT2D eigenvalue weighted by Crippen LogP contribution is 2.16. The molecule has 2 N–H and O–H groups in total. The minimum atomic E-state index is -0.281. The van der Waals surface area contributed by atoms with Crippen LogP contribution in [0.3, 0.4) is 0 Å². The third-order valence-electron chi connectivity index (χ3n) is 2.17. The number of rotatable bonds is 3. The predicted molar refractivity (Wildman–Crippen MR) is 68.3 cm³/mol. The van der Waals surface area contributed by atoms with Gasteiger partial charge in [-0.05, 0) is 24.3 Å². The van der Waals surface area contributed by atoms with E-state index in [4.69, 9.17) is 0 Å². The fraction of sp³-hybridized carbons (Fsp3) is 0. The predicted octanol–water partition coefficient (Wildman–Crippen LogP) is 2.84. The standard InChI is InChI=1S/C12H9BrN2O2/c13-9-2-1-3-10(5-9)15-12(17)11-4-8(7-16)6-14-11/h1-7,14H,(H,15,17). The molecule has 86 valence electrons. The van der Waals surface area contributed by atoms with E-state index in [-0.39, 0.29) is 5.91 Å². The Kier molecular flexibility index (Phi) is 3.39. The van der Waals surface area contributed by atoms with Gasteiger partial charge in [0.2, 0.25) is 0 Å². The lowest BCUT2D eigenvalue weighted by molar-refractivity contribution is 0.102. The van der Waals surface area contributed by atoms with Gasteiger partial charge in [-0.1, -0.05) is 22.0 Å². The summed E-state index contributed by atoms with van der Waals surface area (Å²) in [6.45, 7) is 0. The molecule has 0 saturated heterocycles. The maximum absolute atomic E-state index is 11.8. The van der Waals surface area contributed by atoms with E-state index < -0.39 is 0 Å². The van der Waals surface area contributed by atoms with Crippen LogP contribution in [-0.4, -0.2) is 17.2 Å². The first-order chi connectivity index (χ1) is 8.19. The van der Waals surface area contributed by atoms with E-state index >= 15 is 0 Å². The highest BCUT2D eigenvalue weighted by molar-refractivity contribution is 9.10. The van der Waals surface area contributed by atoms with Crippen molar-refractivity contribution in [2.45, 2.75) is 0 Å². The fourth-order valence-electron chi connectivity index (χ4n) is 1.37. The number of halogens is 1. The van der Waals surface area contributed by atoms with Crippen LogP contribution in [0.1, 0.15) is 20.8 Å². The first kappa shape index (κ1) is 11.6. The highest BCUT2D eigenvalue weighted by Gasteiger charge is 2.08. The lowest BCUT2D eigenvalue weighted by atomic mass is 10.3. The van der Waals surface area contributed by atoms with E-state index in [2.05, 4.69) is 26.2 Å². The zero-order valence-electron chi connectivity index (χ0n) is 8.74. The van der Waals surface area contributed by atoms with Gasteiger partial charge in [0.05, 0.1) is 0 Å². The van der Waals surface area contributed by atoms with Crippen molar-refractivity contribution < 1.29 is 9.59 Å². The molecule has 0 radical (unpaired) electrons. The molecule has 0 unspecified atom stereocenters. The van der Waals surface area contributed by atoms with Crippen LogP contribution in [0.4, 0.5) is 5.69 Å². The van der Waals surface area contributed by atoms with Gasteiger partial charge in [0, 0.05) is 21.9 Å². The quantitative estimate of drug-likeness (QED) is 0.855. The van der Waals surface area contributed by atoms with Gasteiger partial charge in [-0.15, -0.1) is 0 Å². The maximum atomic E-state index is 11.8. The Bertz CT molecular complexity index is 563.